The van der Waals surface area contributed by atoms with Crippen LogP contribution in [0, 0.1) is 6.92 Å². The van der Waals surface area contributed by atoms with Crippen LogP contribution in [0.25, 0.3) is 0 Å². The molecule has 0 radical (unpaired) electrons. The molecule has 0 fully saturated rings. The van der Waals surface area contributed by atoms with E-state index in [-0.39, 0.29) is 11.9 Å². The van der Waals surface area contributed by atoms with Gasteiger partial charge in [-0.05, 0) is 36.8 Å². The monoisotopic (exact) mass is 289 g/mol. The number of nitrogens with one attached hydrogen (secondary N) is 1. The predicted molar refractivity (Wildman–Crippen MR) is 82.0 cm³/mol. The number of aliphatic hydroxyl groups is 1. The normalized spacial score (nSPS) is 13.8. The lowest BCUT2D eigenvalue weighted by Crippen LogP contribution is -2.33. The van der Waals surface area contributed by atoms with Crippen LogP contribution < -0.4 is 5.32 Å². The molecule has 0 aliphatic rings. The Balaban J connectivity index is 1.91. The second-order valence-electron chi connectivity index (χ2n) is 5.01. The molecule has 0 aliphatic carbocycles. The molecular weight excluding hydrogens is 270 g/mol. The van der Waals surface area contributed by atoms with Crippen LogP contribution in [-0.2, 0) is 0 Å². The van der Waals surface area contributed by atoms with Gasteiger partial charge in [0.25, 0.3) is 5.91 Å². The maximum atomic E-state index is 12.1. The van der Waals surface area contributed by atoms with E-state index in [2.05, 4.69) is 5.32 Å². The van der Waals surface area contributed by atoms with Crippen molar-refractivity contribution in [2.24, 2.45) is 0 Å². The number of carbonyl (C=O) groups is 1. The lowest BCUT2D eigenvalue weighted by atomic mass is 10.0. The molecule has 106 valence electrons. The number of aliphatic hydroxyl groups excluding tert-OH is 1. The Morgan fingerprint density at radius 3 is 2.60 bits per heavy atom. The number of hydrogen-bond donors (Lipinski definition) is 2. The average molecular weight is 289 g/mol. The van der Waals surface area contributed by atoms with Crippen molar-refractivity contribution in [1.82, 2.24) is 5.32 Å². The molecule has 2 rings (SSSR count). The van der Waals surface area contributed by atoms with Crippen LogP contribution in [0.1, 0.15) is 40.9 Å². The molecule has 4 heteroatoms. The van der Waals surface area contributed by atoms with Gasteiger partial charge >= 0.3 is 0 Å². The molecule has 0 bridgehead atoms. The van der Waals surface area contributed by atoms with E-state index in [4.69, 9.17) is 0 Å². The van der Waals surface area contributed by atoms with Crippen LogP contribution in [0.4, 0.5) is 0 Å². The molecule has 0 aliphatic heterocycles. The third-order valence-corrected chi connectivity index (χ3v) is 4.10. The molecule has 1 amide bonds. The van der Waals surface area contributed by atoms with Crippen LogP contribution in [0.15, 0.2) is 41.1 Å². The minimum atomic E-state index is -0.560. The van der Waals surface area contributed by atoms with Crippen molar-refractivity contribution < 1.29 is 9.90 Å². The first kappa shape index (κ1) is 14.8. The van der Waals surface area contributed by atoms with Crippen molar-refractivity contribution in [2.45, 2.75) is 32.4 Å². The van der Waals surface area contributed by atoms with Gasteiger partial charge in [0, 0.05) is 11.4 Å². The highest BCUT2D eigenvalue weighted by Gasteiger charge is 2.16. The van der Waals surface area contributed by atoms with Gasteiger partial charge in [0.15, 0.2) is 0 Å². The lowest BCUT2D eigenvalue weighted by Gasteiger charge is -2.18. The van der Waals surface area contributed by atoms with E-state index < -0.39 is 6.10 Å². The van der Waals surface area contributed by atoms with Crippen molar-refractivity contribution >= 4 is 17.2 Å². The highest BCUT2D eigenvalue weighted by atomic mass is 32.1. The van der Waals surface area contributed by atoms with Crippen molar-refractivity contribution in [3.05, 3.63) is 57.8 Å². The zero-order chi connectivity index (χ0) is 14.5. The molecule has 0 unspecified atom stereocenters. The zero-order valence-corrected chi connectivity index (χ0v) is 12.5. The van der Waals surface area contributed by atoms with Gasteiger partial charge in [0.2, 0.25) is 0 Å². The second-order valence-corrected chi connectivity index (χ2v) is 5.75. The standard InChI is InChI=1S/C16H19NO2S/c1-11-9-20-10-14(11)16(19)17-12(2)8-15(18)13-6-4-3-5-7-13/h3-7,9-10,12,15,18H,8H2,1-2H3,(H,17,19)/t12-,15-/m0/s1. The summed E-state index contributed by atoms with van der Waals surface area (Å²) in [7, 11) is 0. The first-order valence-electron chi connectivity index (χ1n) is 6.64. The molecule has 0 saturated heterocycles. The molecule has 1 aromatic carbocycles. The number of rotatable bonds is 5. The molecule has 2 atom stereocenters. The van der Waals surface area contributed by atoms with Crippen LogP contribution in [-0.4, -0.2) is 17.1 Å². The largest absolute Gasteiger partial charge is 0.388 e. The van der Waals surface area contributed by atoms with Gasteiger partial charge in [-0.25, -0.2) is 0 Å². The summed E-state index contributed by atoms with van der Waals surface area (Å²) in [5.41, 5.74) is 2.58. The van der Waals surface area contributed by atoms with Gasteiger partial charge in [-0.3, -0.25) is 4.79 Å². The number of hydrogen-bond acceptors (Lipinski definition) is 3. The van der Waals surface area contributed by atoms with Gasteiger partial charge < -0.3 is 10.4 Å². The summed E-state index contributed by atoms with van der Waals surface area (Å²) in [6, 6.07) is 9.41. The van der Waals surface area contributed by atoms with Crippen molar-refractivity contribution in [2.75, 3.05) is 0 Å². The van der Waals surface area contributed by atoms with E-state index in [1.165, 1.54) is 11.3 Å². The fourth-order valence-corrected chi connectivity index (χ4v) is 2.93. The second kappa shape index (κ2) is 6.68. The van der Waals surface area contributed by atoms with Gasteiger partial charge in [0.05, 0.1) is 11.7 Å². The summed E-state index contributed by atoms with van der Waals surface area (Å²) in [5.74, 6) is -0.0727. The molecule has 1 heterocycles. The fourth-order valence-electron chi connectivity index (χ4n) is 2.10. The summed E-state index contributed by atoms with van der Waals surface area (Å²) in [6.07, 6.45) is -0.0612. The molecule has 0 saturated carbocycles. The SMILES string of the molecule is Cc1cscc1C(=O)N[C@@H](C)C[C@H](O)c1ccccc1. The lowest BCUT2D eigenvalue weighted by molar-refractivity contribution is 0.0917. The summed E-state index contributed by atoms with van der Waals surface area (Å²) in [5, 5.41) is 16.9. The number of carbonyl (C=O) groups excluding carboxylic acids is 1. The van der Waals surface area contributed by atoms with Gasteiger partial charge in [-0.2, -0.15) is 11.3 Å². The smallest absolute Gasteiger partial charge is 0.252 e. The van der Waals surface area contributed by atoms with E-state index in [1.54, 1.807) is 0 Å². The maximum absolute atomic E-state index is 12.1. The third kappa shape index (κ3) is 3.68. The van der Waals surface area contributed by atoms with Gasteiger partial charge in [-0.15, -0.1) is 0 Å². The molecule has 3 nitrogen and oxygen atoms in total. The third-order valence-electron chi connectivity index (χ3n) is 3.24. The first-order chi connectivity index (χ1) is 9.58. The Kier molecular flexibility index (Phi) is 4.93. The minimum Gasteiger partial charge on any atom is -0.388 e. The summed E-state index contributed by atoms with van der Waals surface area (Å²) >= 11 is 1.52. The quantitative estimate of drug-likeness (QED) is 0.887. The van der Waals surface area contributed by atoms with Crippen molar-refractivity contribution in [1.29, 1.82) is 0 Å². The number of amides is 1. The highest BCUT2D eigenvalue weighted by Crippen LogP contribution is 2.18. The zero-order valence-electron chi connectivity index (χ0n) is 11.7. The Morgan fingerprint density at radius 2 is 2.00 bits per heavy atom. The number of aryl methyl sites for hydroxylation is 1. The van der Waals surface area contributed by atoms with E-state index in [0.29, 0.717) is 6.42 Å². The van der Waals surface area contributed by atoms with Crippen LogP contribution in [0.2, 0.25) is 0 Å². The molecule has 0 spiro atoms. The van der Waals surface area contributed by atoms with Crippen LogP contribution in [0.5, 0.6) is 0 Å². The van der Waals surface area contributed by atoms with Crippen LogP contribution >= 0.6 is 11.3 Å². The molecule has 1 aromatic heterocycles. The van der Waals surface area contributed by atoms with E-state index in [1.807, 2.05) is 54.9 Å². The van der Waals surface area contributed by atoms with E-state index in [0.717, 1.165) is 16.7 Å². The van der Waals surface area contributed by atoms with Crippen LogP contribution in [0.3, 0.4) is 0 Å². The van der Waals surface area contributed by atoms with E-state index >= 15 is 0 Å². The minimum absolute atomic E-state index is 0.0727. The fraction of sp³-hybridized carbons (Fsp3) is 0.312. The van der Waals surface area contributed by atoms with Crippen molar-refractivity contribution in [3.63, 3.8) is 0 Å². The molecule has 20 heavy (non-hydrogen) atoms. The van der Waals surface area contributed by atoms with Gasteiger partial charge in [-0.1, -0.05) is 30.3 Å². The number of benzene rings is 1. The summed E-state index contributed by atoms with van der Waals surface area (Å²) < 4.78 is 0. The Morgan fingerprint density at radius 1 is 1.30 bits per heavy atom. The highest BCUT2D eigenvalue weighted by molar-refractivity contribution is 7.08. The molecule has 2 aromatic rings. The molecule has 2 N–H and O–H groups in total. The Labute approximate surface area is 123 Å². The van der Waals surface area contributed by atoms with Crippen molar-refractivity contribution in [3.8, 4) is 0 Å². The Hall–Kier alpha value is -1.65. The molecular formula is C16H19NO2S. The average Bonchev–Trinajstić information content (AvgIpc) is 2.86. The number of thiophene rings is 1. The van der Waals surface area contributed by atoms with Gasteiger partial charge in [0.1, 0.15) is 0 Å². The predicted octanol–water partition coefficient (Wildman–Crippen LogP) is 3.30. The topological polar surface area (TPSA) is 49.3 Å². The summed E-state index contributed by atoms with van der Waals surface area (Å²) in [6.45, 7) is 3.83. The Bertz CT molecular complexity index is 565. The van der Waals surface area contributed by atoms with E-state index in [9.17, 15) is 9.90 Å². The first-order valence-corrected chi connectivity index (χ1v) is 7.59. The maximum Gasteiger partial charge on any atom is 0.252 e. The summed E-state index contributed by atoms with van der Waals surface area (Å²) in [4.78, 5) is 12.1.